The van der Waals surface area contributed by atoms with E-state index in [0.717, 1.165) is 0 Å². The van der Waals surface area contributed by atoms with Crippen molar-refractivity contribution in [2.75, 3.05) is 0 Å². The van der Waals surface area contributed by atoms with Crippen LogP contribution < -0.4 is 0 Å². The quantitative estimate of drug-likeness (QED) is 0.500. The van der Waals surface area contributed by atoms with Crippen molar-refractivity contribution < 1.29 is 0 Å². The van der Waals surface area contributed by atoms with E-state index in [4.69, 9.17) is 0 Å². The van der Waals surface area contributed by atoms with E-state index in [1.165, 1.54) is 11.1 Å². The summed E-state index contributed by atoms with van der Waals surface area (Å²) in [5, 5.41) is 0. The molecule has 0 bridgehead atoms. The van der Waals surface area contributed by atoms with Gasteiger partial charge in [0.05, 0.1) is 0 Å². The van der Waals surface area contributed by atoms with Crippen molar-refractivity contribution in [1.29, 1.82) is 0 Å². The number of allylic oxidation sites excluding steroid dienone is 4. The molecule has 1 aliphatic carbocycles. The van der Waals surface area contributed by atoms with Gasteiger partial charge in [0.2, 0.25) is 0 Å². The van der Waals surface area contributed by atoms with Crippen molar-refractivity contribution >= 4 is 0 Å². The molecule has 0 heteroatoms. The lowest BCUT2D eigenvalue weighted by Gasteiger charge is -2.00. The first kappa shape index (κ1) is 6.60. The van der Waals surface area contributed by atoms with Crippen molar-refractivity contribution in [1.82, 2.24) is 0 Å². The highest BCUT2D eigenvalue weighted by atomic mass is 14.1. The average Bonchev–Trinajstić information content (AvgIpc) is 2.14. The summed E-state index contributed by atoms with van der Waals surface area (Å²) >= 11 is 0. The molecule has 0 heterocycles. The second-order valence-electron chi connectivity index (χ2n) is 2.88. The maximum atomic E-state index is 2.24. The standard InChI is InChI=1S/C9H13/c1-7(2)9-5-4-8(3)6-9/h4-7H,1-3H3. The second kappa shape index (κ2) is 2.38. The molecule has 0 unspecified atom stereocenters. The minimum Gasteiger partial charge on any atom is -0.0730 e. The molecule has 0 N–H and O–H groups in total. The highest BCUT2D eigenvalue weighted by Gasteiger charge is 2.05. The van der Waals surface area contributed by atoms with Crippen LogP contribution in [0, 0.1) is 12.3 Å². The third kappa shape index (κ3) is 1.44. The summed E-state index contributed by atoms with van der Waals surface area (Å²) in [6, 6.07) is 0. The summed E-state index contributed by atoms with van der Waals surface area (Å²) in [4.78, 5) is 0. The smallest absolute Gasteiger partial charge is 0.00836 e. The van der Waals surface area contributed by atoms with Gasteiger partial charge >= 0.3 is 0 Å². The Labute approximate surface area is 57.3 Å². The van der Waals surface area contributed by atoms with Crippen LogP contribution in [0.15, 0.2) is 23.3 Å². The van der Waals surface area contributed by atoms with Gasteiger partial charge in [0.15, 0.2) is 0 Å². The lowest BCUT2D eigenvalue weighted by Crippen LogP contribution is -1.86. The van der Waals surface area contributed by atoms with E-state index in [2.05, 4.69) is 39.3 Å². The molecule has 0 aromatic carbocycles. The van der Waals surface area contributed by atoms with Crippen LogP contribution in [-0.2, 0) is 0 Å². The van der Waals surface area contributed by atoms with Gasteiger partial charge in [-0.1, -0.05) is 31.6 Å². The van der Waals surface area contributed by atoms with Gasteiger partial charge in [-0.05, 0) is 18.4 Å². The van der Waals surface area contributed by atoms with E-state index in [-0.39, 0.29) is 0 Å². The van der Waals surface area contributed by atoms with Gasteiger partial charge in [0.1, 0.15) is 0 Å². The van der Waals surface area contributed by atoms with Crippen LogP contribution in [0.2, 0.25) is 0 Å². The molecule has 0 aromatic heterocycles. The van der Waals surface area contributed by atoms with E-state index >= 15 is 0 Å². The molecule has 0 spiro atoms. The average molecular weight is 121 g/mol. The van der Waals surface area contributed by atoms with Gasteiger partial charge in [-0.15, -0.1) is 0 Å². The Kier molecular flexibility index (Phi) is 1.75. The zero-order valence-corrected chi connectivity index (χ0v) is 6.31. The Bertz CT molecular complexity index is 159. The van der Waals surface area contributed by atoms with E-state index in [1.807, 2.05) is 0 Å². The fourth-order valence-electron chi connectivity index (χ4n) is 0.946. The number of rotatable bonds is 1. The van der Waals surface area contributed by atoms with Crippen molar-refractivity contribution in [2.24, 2.45) is 5.92 Å². The SMILES string of the molecule is CC1=CC(C(C)C)=C[CH]1. The Balaban J connectivity index is 2.64. The maximum absolute atomic E-state index is 2.24. The highest BCUT2D eigenvalue weighted by molar-refractivity contribution is 5.40. The third-order valence-corrected chi connectivity index (χ3v) is 1.60. The summed E-state index contributed by atoms with van der Waals surface area (Å²) < 4.78 is 0. The molecule has 0 saturated carbocycles. The fraction of sp³-hybridized carbons (Fsp3) is 0.444. The molecule has 0 amide bonds. The minimum atomic E-state index is 0.679. The molecule has 0 atom stereocenters. The molecule has 1 radical (unpaired) electrons. The minimum absolute atomic E-state index is 0.679. The summed E-state index contributed by atoms with van der Waals surface area (Å²) in [6.45, 7) is 6.56. The van der Waals surface area contributed by atoms with Gasteiger partial charge in [0.25, 0.3) is 0 Å². The van der Waals surface area contributed by atoms with Crippen LogP contribution in [0.5, 0.6) is 0 Å². The first-order valence-corrected chi connectivity index (χ1v) is 3.43. The summed E-state index contributed by atoms with van der Waals surface area (Å²) in [5.41, 5.74) is 2.83. The molecule has 0 nitrogen and oxygen atoms in total. The first-order valence-electron chi connectivity index (χ1n) is 3.43. The van der Waals surface area contributed by atoms with Crippen LogP contribution >= 0.6 is 0 Å². The molecular weight excluding hydrogens is 108 g/mol. The molecule has 0 aliphatic heterocycles. The van der Waals surface area contributed by atoms with Crippen molar-refractivity contribution in [3.05, 3.63) is 29.7 Å². The Morgan fingerprint density at radius 1 is 1.33 bits per heavy atom. The Hall–Kier alpha value is -0.520. The Morgan fingerprint density at radius 3 is 2.22 bits per heavy atom. The van der Waals surface area contributed by atoms with Gasteiger partial charge in [-0.2, -0.15) is 0 Å². The summed E-state index contributed by atoms with van der Waals surface area (Å²) in [6.07, 6.45) is 6.60. The van der Waals surface area contributed by atoms with Crippen molar-refractivity contribution in [3.8, 4) is 0 Å². The van der Waals surface area contributed by atoms with E-state index in [1.54, 1.807) is 0 Å². The zero-order valence-electron chi connectivity index (χ0n) is 6.31. The Morgan fingerprint density at radius 2 is 2.00 bits per heavy atom. The first-order chi connectivity index (χ1) is 4.20. The lowest BCUT2D eigenvalue weighted by molar-refractivity contribution is 0.794. The molecule has 0 aromatic rings. The van der Waals surface area contributed by atoms with Crippen LogP contribution in [0.4, 0.5) is 0 Å². The van der Waals surface area contributed by atoms with Crippen molar-refractivity contribution in [3.63, 3.8) is 0 Å². The highest BCUT2D eigenvalue weighted by Crippen LogP contribution is 2.21. The summed E-state index contributed by atoms with van der Waals surface area (Å²) in [5.74, 6) is 0.679. The van der Waals surface area contributed by atoms with Crippen LogP contribution in [0.1, 0.15) is 20.8 Å². The fourth-order valence-corrected chi connectivity index (χ4v) is 0.946. The molecule has 0 saturated heterocycles. The predicted octanol–water partition coefficient (Wildman–Crippen LogP) is 2.73. The largest absolute Gasteiger partial charge is 0.0730 e. The van der Waals surface area contributed by atoms with Crippen LogP contribution in [0.25, 0.3) is 0 Å². The molecule has 1 rings (SSSR count). The van der Waals surface area contributed by atoms with E-state index < -0.39 is 0 Å². The number of hydrogen-bond donors (Lipinski definition) is 0. The molecule has 0 fully saturated rings. The van der Waals surface area contributed by atoms with Crippen molar-refractivity contribution in [2.45, 2.75) is 20.8 Å². The summed E-state index contributed by atoms with van der Waals surface area (Å²) in [7, 11) is 0. The lowest BCUT2D eigenvalue weighted by atomic mass is 10.1. The molecule has 49 valence electrons. The predicted molar refractivity (Wildman–Crippen MR) is 41.0 cm³/mol. The molecule has 1 aliphatic rings. The van der Waals surface area contributed by atoms with Gasteiger partial charge in [0, 0.05) is 6.42 Å². The normalized spacial score (nSPS) is 18.2. The third-order valence-electron chi connectivity index (χ3n) is 1.60. The number of hydrogen-bond acceptors (Lipinski definition) is 0. The maximum Gasteiger partial charge on any atom is 0.00836 e. The van der Waals surface area contributed by atoms with Gasteiger partial charge in [-0.25, -0.2) is 0 Å². The second-order valence-corrected chi connectivity index (χ2v) is 2.88. The van der Waals surface area contributed by atoms with Gasteiger partial charge in [-0.3, -0.25) is 0 Å². The van der Waals surface area contributed by atoms with Gasteiger partial charge < -0.3 is 0 Å². The van der Waals surface area contributed by atoms with Crippen LogP contribution in [0.3, 0.4) is 0 Å². The zero-order chi connectivity index (χ0) is 6.85. The van der Waals surface area contributed by atoms with Crippen LogP contribution in [-0.4, -0.2) is 0 Å². The topological polar surface area (TPSA) is 0 Å². The van der Waals surface area contributed by atoms with E-state index in [0.29, 0.717) is 5.92 Å². The molecule has 9 heavy (non-hydrogen) atoms. The monoisotopic (exact) mass is 121 g/mol. The molecular formula is C9H13. The van der Waals surface area contributed by atoms with E-state index in [9.17, 15) is 0 Å².